The summed E-state index contributed by atoms with van der Waals surface area (Å²) in [6, 6.07) is 14.6. The van der Waals surface area contributed by atoms with E-state index in [1.165, 1.54) is 0 Å². The lowest BCUT2D eigenvalue weighted by molar-refractivity contribution is -0.142. The number of nitrogens with zero attached hydrogens (tertiary/aromatic N) is 4. The Morgan fingerprint density at radius 1 is 1.16 bits per heavy atom. The standard InChI is InChI=1S/C31H34N4O2/c1-5-11-28-33-29-22(4)16-23(26-18-34(20-32-26)21(2)3)17-27(29)35(28)19-31(24-12-7-6-8-13-24)15-10-9-14-25(31)30(36)37/h6-10,12-18,20-21,25H,5,11,19H2,1-4H3,(H,36,37). The highest BCUT2D eigenvalue weighted by Gasteiger charge is 2.43. The summed E-state index contributed by atoms with van der Waals surface area (Å²) in [4.78, 5) is 22.3. The van der Waals surface area contributed by atoms with E-state index < -0.39 is 17.3 Å². The van der Waals surface area contributed by atoms with Crippen LogP contribution in [0.3, 0.4) is 0 Å². The van der Waals surface area contributed by atoms with Gasteiger partial charge in [-0.2, -0.15) is 0 Å². The van der Waals surface area contributed by atoms with Crippen molar-refractivity contribution in [1.29, 1.82) is 0 Å². The molecule has 2 unspecified atom stereocenters. The molecule has 0 saturated carbocycles. The molecule has 5 rings (SSSR count). The Morgan fingerprint density at radius 2 is 1.95 bits per heavy atom. The first-order valence-electron chi connectivity index (χ1n) is 13.0. The summed E-state index contributed by atoms with van der Waals surface area (Å²) in [7, 11) is 0. The highest BCUT2D eigenvalue weighted by atomic mass is 16.4. The third kappa shape index (κ3) is 4.41. The molecular weight excluding hydrogens is 460 g/mol. The van der Waals surface area contributed by atoms with Crippen molar-refractivity contribution in [1.82, 2.24) is 19.1 Å². The molecule has 1 aliphatic carbocycles. The van der Waals surface area contributed by atoms with Crippen molar-refractivity contribution in [3.05, 3.63) is 96.2 Å². The fourth-order valence-corrected chi connectivity index (χ4v) is 5.46. The molecule has 0 fully saturated rings. The summed E-state index contributed by atoms with van der Waals surface area (Å²) in [6.45, 7) is 9.00. The maximum atomic E-state index is 12.6. The van der Waals surface area contributed by atoms with Crippen LogP contribution in [0, 0.1) is 12.8 Å². The summed E-state index contributed by atoms with van der Waals surface area (Å²) >= 11 is 0. The van der Waals surface area contributed by atoms with Gasteiger partial charge in [0.1, 0.15) is 5.82 Å². The molecule has 190 valence electrons. The molecule has 2 aromatic heterocycles. The first-order valence-corrected chi connectivity index (χ1v) is 13.0. The third-order valence-electron chi connectivity index (χ3n) is 7.45. The summed E-state index contributed by atoms with van der Waals surface area (Å²) in [5.41, 5.74) is 5.25. The third-order valence-corrected chi connectivity index (χ3v) is 7.45. The van der Waals surface area contributed by atoms with Gasteiger partial charge in [0.2, 0.25) is 0 Å². The number of benzene rings is 2. The number of imidazole rings is 2. The van der Waals surface area contributed by atoms with E-state index in [9.17, 15) is 9.90 Å². The van der Waals surface area contributed by atoms with Crippen molar-refractivity contribution in [3.63, 3.8) is 0 Å². The van der Waals surface area contributed by atoms with E-state index in [1.807, 2.05) is 54.9 Å². The summed E-state index contributed by atoms with van der Waals surface area (Å²) in [5.74, 6) is -0.548. The second kappa shape index (κ2) is 9.85. The molecule has 4 aromatic rings. The molecule has 6 heteroatoms. The number of aryl methyl sites for hydroxylation is 2. The average Bonchev–Trinajstić information content (AvgIpc) is 3.51. The van der Waals surface area contributed by atoms with E-state index in [-0.39, 0.29) is 0 Å². The fraction of sp³-hybridized carbons (Fsp3) is 0.323. The van der Waals surface area contributed by atoms with Gasteiger partial charge in [-0.3, -0.25) is 4.79 Å². The number of fused-ring (bicyclic) bond motifs is 1. The average molecular weight is 495 g/mol. The number of aliphatic carboxylic acids is 1. The number of carboxylic acids is 1. The van der Waals surface area contributed by atoms with E-state index in [4.69, 9.17) is 4.98 Å². The Morgan fingerprint density at radius 3 is 2.62 bits per heavy atom. The van der Waals surface area contributed by atoms with Crippen LogP contribution in [-0.4, -0.2) is 30.2 Å². The molecule has 2 atom stereocenters. The van der Waals surface area contributed by atoms with Gasteiger partial charge in [0.05, 0.1) is 29.0 Å². The number of hydrogen-bond donors (Lipinski definition) is 1. The number of carboxylic acid groups (broad SMARTS) is 1. The molecule has 1 N–H and O–H groups in total. The monoisotopic (exact) mass is 494 g/mol. The quantitative estimate of drug-likeness (QED) is 0.303. The Balaban J connectivity index is 1.72. The Hall–Kier alpha value is -3.93. The van der Waals surface area contributed by atoms with Crippen molar-refractivity contribution in [2.24, 2.45) is 5.92 Å². The summed E-state index contributed by atoms with van der Waals surface area (Å²) in [5, 5.41) is 10.3. The fourth-order valence-electron chi connectivity index (χ4n) is 5.46. The van der Waals surface area contributed by atoms with Crippen LogP contribution >= 0.6 is 0 Å². The number of carbonyl (C=O) groups is 1. The highest BCUT2D eigenvalue weighted by molar-refractivity contribution is 5.85. The predicted molar refractivity (Wildman–Crippen MR) is 148 cm³/mol. The number of aromatic nitrogens is 4. The molecule has 0 spiro atoms. The largest absolute Gasteiger partial charge is 0.481 e. The molecule has 1 aliphatic rings. The van der Waals surface area contributed by atoms with Crippen LogP contribution in [0.25, 0.3) is 22.3 Å². The summed E-state index contributed by atoms with van der Waals surface area (Å²) in [6.07, 6.45) is 13.4. The van der Waals surface area contributed by atoms with E-state index in [1.54, 1.807) is 0 Å². The molecule has 2 heterocycles. The van der Waals surface area contributed by atoms with E-state index in [0.29, 0.717) is 12.6 Å². The number of rotatable bonds is 8. The predicted octanol–water partition coefficient (Wildman–Crippen LogP) is 6.51. The molecule has 0 amide bonds. The van der Waals surface area contributed by atoms with E-state index in [2.05, 4.69) is 66.2 Å². The van der Waals surface area contributed by atoms with Crippen molar-refractivity contribution in [2.75, 3.05) is 0 Å². The lowest BCUT2D eigenvalue weighted by atomic mass is 9.68. The smallest absolute Gasteiger partial charge is 0.311 e. The van der Waals surface area contributed by atoms with E-state index in [0.717, 1.165) is 52.1 Å². The van der Waals surface area contributed by atoms with Gasteiger partial charge in [-0.15, -0.1) is 0 Å². The second-order valence-electron chi connectivity index (χ2n) is 10.3. The van der Waals surface area contributed by atoms with Crippen molar-refractivity contribution < 1.29 is 9.90 Å². The normalized spacial score (nSPS) is 19.2. The molecule has 6 nitrogen and oxygen atoms in total. The van der Waals surface area contributed by atoms with Gasteiger partial charge in [0, 0.05) is 36.2 Å². The van der Waals surface area contributed by atoms with Crippen LogP contribution in [0.5, 0.6) is 0 Å². The van der Waals surface area contributed by atoms with Crippen LogP contribution in [0.4, 0.5) is 0 Å². The zero-order valence-corrected chi connectivity index (χ0v) is 21.9. The lowest BCUT2D eigenvalue weighted by Crippen LogP contribution is -2.42. The minimum Gasteiger partial charge on any atom is -0.481 e. The van der Waals surface area contributed by atoms with Crippen molar-refractivity contribution in [3.8, 4) is 11.3 Å². The number of allylic oxidation sites excluding steroid dienone is 3. The molecular formula is C31H34N4O2. The molecule has 0 bridgehead atoms. The number of hydrogen-bond acceptors (Lipinski definition) is 3. The van der Waals surface area contributed by atoms with Gasteiger partial charge in [-0.25, -0.2) is 9.97 Å². The maximum absolute atomic E-state index is 12.6. The molecule has 0 aliphatic heterocycles. The van der Waals surface area contributed by atoms with Gasteiger partial charge in [-0.1, -0.05) is 61.6 Å². The molecule has 0 saturated heterocycles. The van der Waals surface area contributed by atoms with Gasteiger partial charge >= 0.3 is 5.97 Å². The van der Waals surface area contributed by atoms with E-state index >= 15 is 0 Å². The zero-order chi connectivity index (χ0) is 26.2. The topological polar surface area (TPSA) is 72.9 Å². The van der Waals surface area contributed by atoms with Crippen LogP contribution in [0.2, 0.25) is 0 Å². The first kappa shape index (κ1) is 24.8. The maximum Gasteiger partial charge on any atom is 0.311 e. The minimum absolute atomic E-state index is 0.331. The molecule has 0 radical (unpaired) electrons. The summed E-state index contributed by atoms with van der Waals surface area (Å²) < 4.78 is 4.36. The van der Waals surface area contributed by atoms with Crippen LogP contribution in [-0.2, 0) is 23.2 Å². The van der Waals surface area contributed by atoms with Crippen molar-refractivity contribution >= 4 is 17.0 Å². The second-order valence-corrected chi connectivity index (χ2v) is 10.3. The SMILES string of the molecule is CCCc1nc2c(C)cc(-c3cn(C(C)C)cn3)cc2n1CC1(c2ccccc2)C=CC=CC1C(=O)O. The Labute approximate surface area is 218 Å². The first-order chi connectivity index (χ1) is 17.8. The molecule has 2 aromatic carbocycles. The van der Waals surface area contributed by atoms with Crippen LogP contribution in [0.1, 0.15) is 50.2 Å². The van der Waals surface area contributed by atoms with Crippen LogP contribution in [0.15, 0.2) is 79.3 Å². The minimum atomic E-state index is -0.831. The van der Waals surface area contributed by atoms with Crippen LogP contribution < -0.4 is 0 Å². The zero-order valence-electron chi connectivity index (χ0n) is 21.9. The van der Waals surface area contributed by atoms with Gasteiger partial charge in [0.15, 0.2) is 0 Å². The highest BCUT2D eigenvalue weighted by Crippen LogP contribution is 2.41. The Kier molecular flexibility index (Phi) is 6.59. The van der Waals surface area contributed by atoms with Gasteiger partial charge < -0.3 is 14.2 Å². The Bertz CT molecular complexity index is 1490. The van der Waals surface area contributed by atoms with Gasteiger partial charge in [0.25, 0.3) is 0 Å². The lowest BCUT2D eigenvalue weighted by Gasteiger charge is -2.38. The van der Waals surface area contributed by atoms with Crippen molar-refractivity contribution in [2.45, 2.75) is 58.5 Å². The van der Waals surface area contributed by atoms with Gasteiger partial charge in [-0.05, 0) is 50.5 Å². The molecule has 37 heavy (non-hydrogen) atoms.